The number of dihydropyridines is 1. The molecule has 0 amide bonds. The topological polar surface area (TPSA) is 254 Å². The van der Waals surface area contributed by atoms with Crippen LogP contribution in [0.25, 0.3) is 16.6 Å². The highest BCUT2D eigenvalue weighted by Crippen LogP contribution is 2.23. The molecule has 10 N–H and O–H groups in total. The molecule has 8 rings (SSSR count). The molecule has 0 fully saturated rings. The number of hydrogen-bond acceptors (Lipinski definition) is 14. The van der Waals surface area contributed by atoms with Crippen molar-refractivity contribution in [2.75, 3.05) is 55.5 Å². The Hall–Kier alpha value is -7.25. The van der Waals surface area contributed by atoms with Gasteiger partial charge in [0.2, 0.25) is 5.88 Å². The van der Waals surface area contributed by atoms with Crippen LogP contribution in [-0.4, -0.2) is 103 Å². The molecular weight excluding hydrogens is 713 g/mol. The van der Waals surface area contributed by atoms with Crippen molar-refractivity contribution < 1.29 is 14.9 Å². The Morgan fingerprint density at radius 3 is 2.09 bits per heavy atom. The number of aliphatic hydroxyl groups excluding tert-OH is 2. The molecule has 0 aliphatic carbocycles. The van der Waals surface area contributed by atoms with Gasteiger partial charge in [-0.25, -0.2) is 23.5 Å². The first kappa shape index (κ1) is 41.5. The summed E-state index contributed by atoms with van der Waals surface area (Å²) in [5.41, 5.74) is 23.7. The highest BCUT2D eigenvalue weighted by Gasteiger charge is 2.20. The van der Waals surface area contributed by atoms with E-state index >= 15 is 0 Å². The Labute approximate surface area is 324 Å². The first-order chi connectivity index (χ1) is 26.4. The normalized spacial score (nSPS) is 13.4. The zero-order valence-electron chi connectivity index (χ0n) is 29.8. The van der Waals surface area contributed by atoms with Crippen LogP contribution in [0.2, 0.25) is 0 Å². The van der Waals surface area contributed by atoms with Crippen molar-refractivity contribution in [2.45, 2.75) is 7.43 Å². The summed E-state index contributed by atoms with van der Waals surface area (Å²) < 4.78 is 10.2. The van der Waals surface area contributed by atoms with E-state index in [9.17, 15) is 0 Å². The number of rotatable bonds is 8. The molecule has 0 saturated carbocycles. The van der Waals surface area contributed by atoms with Crippen LogP contribution in [0.15, 0.2) is 131 Å². The highest BCUT2D eigenvalue weighted by atomic mass is 16.5. The molecule has 287 valence electrons. The molecule has 19 heteroatoms. The number of hydrogen-bond donors (Lipinski definition) is 7. The van der Waals surface area contributed by atoms with Crippen LogP contribution >= 0.6 is 0 Å². The van der Waals surface area contributed by atoms with Gasteiger partial charge in [-0.1, -0.05) is 25.6 Å². The number of aliphatic imine (C=N–C) groups is 3. The van der Waals surface area contributed by atoms with Crippen molar-refractivity contribution in [2.24, 2.45) is 20.7 Å². The number of methoxy groups -OCH3 is 1. The zero-order valence-corrected chi connectivity index (χ0v) is 29.8. The minimum atomic E-state index is -0.0908. The lowest BCUT2D eigenvalue weighted by molar-refractivity contribution is 0.307. The minimum absolute atomic E-state index is 0. The van der Waals surface area contributed by atoms with Crippen LogP contribution in [0, 0.1) is 0 Å². The fourth-order valence-electron chi connectivity index (χ4n) is 5.10. The maximum Gasteiger partial charge on any atom is 0.215 e. The standard InChI is InChI=1S/C21H19N9O.C8H13N3O2.C7H7N3.CH4.B/c22-14-11-15(26-16-12-24-29-8-3-1-5-18(16)29)21(28-20(14)23-7-10-31)27-17-13-25-30-9-4-2-6-19(17)30;1-13-7-3-2-6(9)8(11-7)10-4-5-12;8-6-5-9-10-4-2-1-3-7(6)10;;/h1-6,8-9,11-13,31H,7,10,22H2,(H,23,27,28);2-3,12H,4-5,9H2,1H3,(H,10,11);1-5H,8H2;1H4;. The van der Waals surface area contributed by atoms with Crippen molar-refractivity contribution in [3.63, 3.8) is 0 Å². The van der Waals surface area contributed by atoms with Gasteiger partial charge in [0, 0.05) is 39.6 Å². The van der Waals surface area contributed by atoms with Crippen molar-refractivity contribution in [3.8, 4) is 5.88 Å². The lowest BCUT2D eigenvalue weighted by Gasteiger charge is -2.15. The molecule has 0 spiro atoms. The molecule has 7 aromatic rings. The summed E-state index contributed by atoms with van der Waals surface area (Å²) >= 11 is 0. The Kier molecular flexibility index (Phi) is 14.6. The Morgan fingerprint density at radius 1 is 0.768 bits per heavy atom. The van der Waals surface area contributed by atoms with Crippen LogP contribution < -0.4 is 32.6 Å². The second-order valence-electron chi connectivity index (χ2n) is 11.3. The number of aliphatic hydroxyl groups is 2. The molecule has 56 heavy (non-hydrogen) atoms. The van der Waals surface area contributed by atoms with Gasteiger partial charge in [-0.05, 0) is 48.5 Å². The number of amidine groups is 2. The van der Waals surface area contributed by atoms with Gasteiger partial charge in [-0.3, -0.25) is 4.99 Å². The van der Waals surface area contributed by atoms with Crippen molar-refractivity contribution in [1.29, 1.82) is 0 Å². The Bertz CT molecular complexity index is 2490. The summed E-state index contributed by atoms with van der Waals surface area (Å²) in [5, 5.41) is 36.6. The summed E-state index contributed by atoms with van der Waals surface area (Å²) in [7, 11) is 1.54. The molecular formula is C37H43BN15O3. The molecule has 0 aromatic carbocycles. The fraction of sp³-hybridized carbons (Fsp3) is 0.162. The van der Waals surface area contributed by atoms with E-state index < -0.39 is 0 Å². The zero-order chi connectivity index (χ0) is 37.9. The van der Waals surface area contributed by atoms with E-state index in [1.165, 1.54) is 7.11 Å². The van der Waals surface area contributed by atoms with Crippen LogP contribution in [-0.2, 0) is 0 Å². The smallest absolute Gasteiger partial charge is 0.215 e. The van der Waals surface area contributed by atoms with E-state index in [0.717, 1.165) is 27.9 Å². The lowest BCUT2D eigenvalue weighted by atomic mass is 10.2. The Morgan fingerprint density at radius 2 is 1.41 bits per heavy atom. The first-order valence-corrected chi connectivity index (χ1v) is 16.6. The number of nitrogen functional groups attached to an aromatic ring is 2. The van der Waals surface area contributed by atoms with E-state index in [1.807, 2.05) is 73.2 Å². The van der Waals surface area contributed by atoms with Crippen LogP contribution in [0.3, 0.4) is 0 Å². The second kappa shape index (κ2) is 19.7. The van der Waals surface area contributed by atoms with E-state index in [-0.39, 0.29) is 35.6 Å². The number of fused-ring (bicyclic) bond motifs is 3. The summed E-state index contributed by atoms with van der Waals surface area (Å²) in [4.78, 5) is 17.7. The summed E-state index contributed by atoms with van der Waals surface area (Å²) in [6.07, 6.45) is 12.4. The average molecular weight is 757 g/mol. The number of aromatic nitrogens is 7. The van der Waals surface area contributed by atoms with Crippen molar-refractivity contribution in [3.05, 3.63) is 116 Å². The monoisotopic (exact) mass is 756 g/mol. The maximum atomic E-state index is 9.12. The molecule has 1 aliphatic heterocycles. The first-order valence-electron chi connectivity index (χ1n) is 16.6. The van der Waals surface area contributed by atoms with E-state index in [0.29, 0.717) is 52.7 Å². The molecule has 0 bridgehead atoms. The molecule has 0 atom stereocenters. The molecule has 7 aromatic heterocycles. The van der Waals surface area contributed by atoms with Gasteiger partial charge >= 0.3 is 0 Å². The van der Waals surface area contributed by atoms with Gasteiger partial charge in [0.05, 0.1) is 84.8 Å². The number of nitrogens with one attached hydrogen (secondary N) is 2. The largest absolute Gasteiger partial charge is 0.481 e. The van der Waals surface area contributed by atoms with Crippen molar-refractivity contribution >= 4 is 70.9 Å². The Balaban J connectivity index is 0.000000229. The number of pyridine rings is 4. The lowest BCUT2D eigenvalue weighted by Crippen LogP contribution is -2.30. The minimum Gasteiger partial charge on any atom is -0.481 e. The van der Waals surface area contributed by atoms with Crippen molar-refractivity contribution in [1.82, 2.24) is 33.8 Å². The number of ether oxygens (including phenoxy) is 1. The summed E-state index contributed by atoms with van der Waals surface area (Å²) in [5.74, 6) is 1.84. The van der Waals surface area contributed by atoms with Gasteiger partial charge in [-0.15, -0.1) is 0 Å². The molecule has 3 radical (unpaired) electrons. The third-order valence-corrected chi connectivity index (χ3v) is 7.67. The predicted molar refractivity (Wildman–Crippen MR) is 223 cm³/mol. The number of nitrogens with two attached hydrogens (primary N) is 3. The number of anilines is 4. The third-order valence-electron chi connectivity index (χ3n) is 7.67. The molecule has 8 heterocycles. The second-order valence-corrected chi connectivity index (χ2v) is 11.3. The fourth-order valence-corrected chi connectivity index (χ4v) is 5.10. The molecule has 0 unspecified atom stereocenters. The van der Waals surface area contributed by atoms with Gasteiger partial charge in [-0.2, -0.15) is 20.3 Å². The third kappa shape index (κ3) is 9.84. The van der Waals surface area contributed by atoms with E-state index in [4.69, 9.17) is 37.1 Å². The van der Waals surface area contributed by atoms with Gasteiger partial charge < -0.3 is 42.8 Å². The number of nitrogens with zero attached hydrogens (tertiary/aromatic N) is 10. The van der Waals surface area contributed by atoms with Gasteiger partial charge in [0.25, 0.3) is 0 Å². The molecule has 18 nitrogen and oxygen atoms in total. The predicted octanol–water partition coefficient (Wildman–Crippen LogP) is 3.06. The summed E-state index contributed by atoms with van der Waals surface area (Å²) in [6.45, 7) is 0.576. The van der Waals surface area contributed by atoms with Gasteiger partial charge in [0.1, 0.15) is 11.4 Å². The summed E-state index contributed by atoms with van der Waals surface area (Å²) in [6, 6.07) is 20.7. The maximum absolute atomic E-state index is 9.12. The van der Waals surface area contributed by atoms with E-state index in [1.54, 1.807) is 50.3 Å². The SMILES string of the molecule is C.COc1ccc(N)c(NCCO)n1.NC1=CC(=Nc2cnn3ccccc23)C(Nc2cnn3ccccc23)=NC1=NCCO.Nc1cnn2ccccc12.[B]. The molecule has 0 saturated heterocycles. The van der Waals surface area contributed by atoms with Crippen LogP contribution in [0.5, 0.6) is 5.88 Å². The van der Waals surface area contributed by atoms with E-state index in [2.05, 4.69) is 40.9 Å². The average Bonchev–Trinajstić information content (AvgIpc) is 3.92. The van der Waals surface area contributed by atoms with Gasteiger partial charge in [0.15, 0.2) is 17.5 Å². The van der Waals surface area contributed by atoms with Crippen LogP contribution in [0.1, 0.15) is 7.43 Å². The van der Waals surface area contributed by atoms with Crippen LogP contribution in [0.4, 0.5) is 28.6 Å². The highest BCUT2D eigenvalue weighted by molar-refractivity contribution is 6.53. The quantitative estimate of drug-likeness (QED) is 0.111. The molecule has 1 aliphatic rings.